The van der Waals surface area contributed by atoms with Gasteiger partial charge in [-0.3, -0.25) is 0 Å². The van der Waals surface area contributed by atoms with E-state index in [1.54, 1.807) is 0 Å². The quantitative estimate of drug-likeness (QED) is 0.801. The van der Waals surface area contributed by atoms with Crippen LogP contribution in [0, 0.1) is 5.92 Å². The lowest BCUT2D eigenvalue weighted by Crippen LogP contribution is -2.55. The van der Waals surface area contributed by atoms with E-state index in [9.17, 15) is 8.42 Å². The van der Waals surface area contributed by atoms with Gasteiger partial charge in [0.25, 0.3) is 0 Å². The second-order valence-corrected chi connectivity index (χ2v) is 7.32. The predicted octanol–water partition coefficient (Wildman–Crippen LogP) is 1.40. The average molecular weight is 283 g/mol. The van der Waals surface area contributed by atoms with Gasteiger partial charge in [-0.25, -0.2) is 13.1 Å². The summed E-state index contributed by atoms with van der Waals surface area (Å²) < 4.78 is 26.3. The van der Waals surface area contributed by atoms with Crippen LogP contribution in [0.25, 0.3) is 0 Å². The first-order valence-electron chi connectivity index (χ1n) is 6.25. The number of nitrogens with two attached hydrogens (primary N) is 1. The van der Waals surface area contributed by atoms with E-state index in [1.165, 1.54) is 12.8 Å². The van der Waals surface area contributed by atoms with Gasteiger partial charge in [0.1, 0.15) is 0 Å². The SMILES string of the molecule is Cl.NC1(CNS(=O)(=O)CC2CCCC2)CCC1. The Morgan fingerprint density at radius 3 is 2.24 bits per heavy atom. The number of hydrogen-bond acceptors (Lipinski definition) is 3. The number of nitrogens with one attached hydrogen (secondary N) is 1. The predicted molar refractivity (Wildman–Crippen MR) is 71.8 cm³/mol. The van der Waals surface area contributed by atoms with Gasteiger partial charge in [-0.1, -0.05) is 12.8 Å². The highest BCUT2D eigenvalue weighted by Crippen LogP contribution is 2.29. The van der Waals surface area contributed by atoms with Crippen LogP contribution in [0.5, 0.6) is 0 Å². The van der Waals surface area contributed by atoms with E-state index in [2.05, 4.69) is 4.72 Å². The summed E-state index contributed by atoms with van der Waals surface area (Å²) in [4.78, 5) is 0. The molecule has 0 unspecified atom stereocenters. The van der Waals surface area contributed by atoms with Gasteiger partial charge in [-0.2, -0.15) is 0 Å². The Kier molecular flexibility index (Phi) is 5.25. The Bertz CT molecular complexity index is 335. The van der Waals surface area contributed by atoms with Crippen molar-refractivity contribution in [1.82, 2.24) is 4.72 Å². The summed E-state index contributed by atoms with van der Waals surface area (Å²) in [5.41, 5.74) is 5.73. The molecule has 0 aromatic heterocycles. The molecule has 0 bridgehead atoms. The van der Waals surface area contributed by atoms with Crippen molar-refractivity contribution >= 4 is 22.4 Å². The number of halogens is 1. The zero-order chi connectivity index (χ0) is 11.6. The first kappa shape index (κ1) is 15.2. The highest BCUT2D eigenvalue weighted by Gasteiger charge is 2.34. The number of hydrogen-bond donors (Lipinski definition) is 2. The second-order valence-electron chi connectivity index (χ2n) is 5.47. The molecular formula is C11H23ClN2O2S. The van der Waals surface area contributed by atoms with E-state index >= 15 is 0 Å². The fourth-order valence-corrected chi connectivity index (χ4v) is 4.19. The van der Waals surface area contributed by atoms with Gasteiger partial charge in [0.2, 0.25) is 10.0 Å². The van der Waals surface area contributed by atoms with E-state index in [-0.39, 0.29) is 17.9 Å². The van der Waals surface area contributed by atoms with Crippen molar-refractivity contribution < 1.29 is 8.42 Å². The van der Waals surface area contributed by atoms with Crippen LogP contribution >= 0.6 is 12.4 Å². The summed E-state index contributed by atoms with van der Waals surface area (Å²) in [6.07, 6.45) is 7.50. The first-order valence-corrected chi connectivity index (χ1v) is 7.91. The van der Waals surface area contributed by atoms with E-state index in [4.69, 9.17) is 5.73 Å². The lowest BCUT2D eigenvalue weighted by molar-refractivity contribution is 0.251. The lowest BCUT2D eigenvalue weighted by atomic mass is 9.78. The monoisotopic (exact) mass is 282 g/mol. The third kappa shape index (κ3) is 4.39. The zero-order valence-corrected chi connectivity index (χ0v) is 11.8. The molecule has 2 aliphatic carbocycles. The minimum absolute atomic E-state index is 0. The van der Waals surface area contributed by atoms with Gasteiger partial charge in [-0.15, -0.1) is 12.4 Å². The molecule has 2 fully saturated rings. The van der Waals surface area contributed by atoms with Crippen molar-refractivity contribution in [2.24, 2.45) is 11.7 Å². The molecule has 3 N–H and O–H groups in total. The molecule has 2 rings (SSSR count). The van der Waals surface area contributed by atoms with E-state index in [0.717, 1.165) is 32.1 Å². The van der Waals surface area contributed by atoms with E-state index < -0.39 is 10.0 Å². The Balaban J connectivity index is 0.00000144. The van der Waals surface area contributed by atoms with Gasteiger partial charge < -0.3 is 5.73 Å². The van der Waals surface area contributed by atoms with E-state index in [1.807, 2.05) is 0 Å². The van der Waals surface area contributed by atoms with Crippen LogP contribution < -0.4 is 10.5 Å². The number of sulfonamides is 1. The summed E-state index contributed by atoms with van der Waals surface area (Å²) in [7, 11) is -3.10. The molecule has 0 radical (unpaired) electrons. The molecule has 4 nitrogen and oxygen atoms in total. The van der Waals surface area contributed by atoms with Crippen molar-refractivity contribution in [1.29, 1.82) is 0 Å². The normalized spacial score (nSPS) is 24.1. The number of rotatable bonds is 5. The molecule has 0 aromatic rings. The van der Waals surface area contributed by atoms with Gasteiger partial charge in [0.05, 0.1) is 5.75 Å². The fraction of sp³-hybridized carbons (Fsp3) is 1.00. The zero-order valence-electron chi connectivity index (χ0n) is 10.2. The van der Waals surface area contributed by atoms with Crippen LogP contribution in [0.3, 0.4) is 0 Å². The van der Waals surface area contributed by atoms with Crippen LogP contribution in [-0.4, -0.2) is 26.3 Å². The Morgan fingerprint density at radius 2 is 1.76 bits per heavy atom. The molecule has 102 valence electrons. The van der Waals surface area contributed by atoms with Crippen LogP contribution in [0.2, 0.25) is 0 Å². The smallest absolute Gasteiger partial charge is 0.211 e. The molecular weight excluding hydrogens is 260 g/mol. The molecule has 2 saturated carbocycles. The minimum Gasteiger partial charge on any atom is -0.324 e. The lowest BCUT2D eigenvalue weighted by Gasteiger charge is -2.38. The third-order valence-corrected chi connectivity index (χ3v) is 5.42. The summed E-state index contributed by atoms with van der Waals surface area (Å²) in [5.74, 6) is 0.663. The van der Waals surface area contributed by atoms with Crippen LogP contribution in [0.4, 0.5) is 0 Å². The summed E-state index contributed by atoms with van der Waals surface area (Å²) in [6, 6.07) is 0. The molecule has 0 aromatic carbocycles. The van der Waals surface area contributed by atoms with Gasteiger partial charge in [0.15, 0.2) is 0 Å². The Morgan fingerprint density at radius 1 is 1.18 bits per heavy atom. The summed E-state index contributed by atoms with van der Waals surface area (Å²) in [5, 5.41) is 0. The molecule has 0 heterocycles. The summed E-state index contributed by atoms with van der Waals surface area (Å²) in [6.45, 7) is 0.419. The maximum absolute atomic E-state index is 11.8. The topological polar surface area (TPSA) is 72.2 Å². The standard InChI is InChI=1S/C11H22N2O2S.ClH/c12-11(6-3-7-11)9-13-16(14,15)8-10-4-1-2-5-10;/h10,13H,1-9,12H2;1H. The Hall–Kier alpha value is 0.160. The van der Waals surface area contributed by atoms with Crippen molar-refractivity contribution in [3.05, 3.63) is 0 Å². The van der Waals surface area contributed by atoms with Crippen molar-refractivity contribution in [3.8, 4) is 0 Å². The highest BCUT2D eigenvalue weighted by molar-refractivity contribution is 7.89. The molecule has 0 amide bonds. The first-order chi connectivity index (χ1) is 7.49. The largest absolute Gasteiger partial charge is 0.324 e. The van der Waals surface area contributed by atoms with E-state index in [0.29, 0.717) is 18.2 Å². The second kappa shape index (κ2) is 5.87. The molecule has 2 aliphatic rings. The molecule has 6 heteroatoms. The van der Waals surface area contributed by atoms with Gasteiger partial charge in [0, 0.05) is 12.1 Å². The molecule has 0 atom stereocenters. The molecule has 17 heavy (non-hydrogen) atoms. The minimum atomic E-state index is -3.10. The van der Waals surface area contributed by atoms with Crippen molar-refractivity contribution in [2.45, 2.75) is 50.5 Å². The summed E-state index contributed by atoms with van der Waals surface area (Å²) >= 11 is 0. The fourth-order valence-electron chi connectivity index (χ4n) is 2.61. The van der Waals surface area contributed by atoms with Gasteiger partial charge >= 0.3 is 0 Å². The molecule has 0 aliphatic heterocycles. The maximum Gasteiger partial charge on any atom is 0.211 e. The molecule has 0 saturated heterocycles. The third-order valence-electron chi connectivity index (χ3n) is 3.92. The molecule has 0 spiro atoms. The van der Waals surface area contributed by atoms with Crippen molar-refractivity contribution in [3.63, 3.8) is 0 Å². The maximum atomic E-state index is 11.8. The Labute approximate surface area is 110 Å². The highest BCUT2D eigenvalue weighted by atomic mass is 35.5. The van der Waals surface area contributed by atoms with Crippen LogP contribution in [0.1, 0.15) is 44.9 Å². The van der Waals surface area contributed by atoms with Crippen molar-refractivity contribution in [2.75, 3.05) is 12.3 Å². The van der Waals surface area contributed by atoms with Crippen LogP contribution in [0.15, 0.2) is 0 Å². The van der Waals surface area contributed by atoms with Crippen LogP contribution in [-0.2, 0) is 10.0 Å². The average Bonchev–Trinajstić information content (AvgIpc) is 2.63. The van der Waals surface area contributed by atoms with Gasteiger partial charge in [-0.05, 0) is 38.0 Å².